The standard InChI is InChI=1S/C9H6FN3O3/c10-7-5-6(13(15)16)1-2-8(7)12-9(14)3-4-11/h1-2,5H,3H2,(H,12,14). The zero-order valence-electron chi connectivity index (χ0n) is 7.94. The Morgan fingerprint density at radius 2 is 2.31 bits per heavy atom. The van der Waals surface area contributed by atoms with Crippen molar-refractivity contribution < 1.29 is 14.1 Å². The molecule has 6 nitrogen and oxygen atoms in total. The van der Waals surface area contributed by atoms with Gasteiger partial charge in [0.25, 0.3) is 5.69 Å². The van der Waals surface area contributed by atoms with Gasteiger partial charge in [0, 0.05) is 6.07 Å². The monoisotopic (exact) mass is 223 g/mol. The highest BCUT2D eigenvalue weighted by molar-refractivity contribution is 5.92. The molecular formula is C9H6FN3O3. The van der Waals surface area contributed by atoms with Gasteiger partial charge in [0.1, 0.15) is 6.42 Å². The topological polar surface area (TPSA) is 96.0 Å². The average molecular weight is 223 g/mol. The second kappa shape index (κ2) is 4.84. The number of nitrogens with zero attached hydrogens (tertiary/aromatic N) is 2. The van der Waals surface area contributed by atoms with E-state index in [4.69, 9.17) is 5.26 Å². The third-order valence-electron chi connectivity index (χ3n) is 1.68. The largest absolute Gasteiger partial charge is 0.323 e. The highest BCUT2D eigenvalue weighted by Gasteiger charge is 2.12. The lowest BCUT2D eigenvalue weighted by Crippen LogP contribution is -2.11. The smallest absolute Gasteiger partial charge is 0.272 e. The number of hydrogen-bond donors (Lipinski definition) is 1. The molecule has 1 N–H and O–H groups in total. The SMILES string of the molecule is N#CCC(=O)Nc1ccc([N+](=O)[O-])cc1F. The van der Waals surface area contributed by atoms with Crippen molar-refractivity contribution in [1.29, 1.82) is 5.26 Å². The number of non-ortho nitro benzene ring substituents is 1. The van der Waals surface area contributed by atoms with E-state index in [2.05, 4.69) is 5.32 Å². The van der Waals surface area contributed by atoms with Crippen LogP contribution in [0.25, 0.3) is 0 Å². The predicted molar refractivity (Wildman–Crippen MR) is 51.9 cm³/mol. The second-order valence-electron chi connectivity index (χ2n) is 2.80. The Hall–Kier alpha value is -2.49. The van der Waals surface area contributed by atoms with Crippen LogP contribution in [0.1, 0.15) is 6.42 Å². The van der Waals surface area contributed by atoms with Crippen LogP contribution in [0.2, 0.25) is 0 Å². The minimum Gasteiger partial charge on any atom is -0.323 e. The van der Waals surface area contributed by atoms with Gasteiger partial charge in [0.2, 0.25) is 5.91 Å². The molecule has 1 amide bonds. The molecule has 1 aromatic rings. The first kappa shape index (κ1) is 11.6. The van der Waals surface area contributed by atoms with E-state index >= 15 is 0 Å². The quantitative estimate of drug-likeness (QED) is 0.621. The maximum Gasteiger partial charge on any atom is 0.272 e. The van der Waals surface area contributed by atoms with Crippen molar-refractivity contribution >= 4 is 17.3 Å². The summed E-state index contributed by atoms with van der Waals surface area (Å²) < 4.78 is 13.2. The van der Waals surface area contributed by atoms with E-state index in [9.17, 15) is 19.3 Å². The maximum atomic E-state index is 13.2. The summed E-state index contributed by atoms with van der Waals surface area (Å²) in [5, 5.41) is 20.6. The van der Waals surface area contributed by atoms with E-state index < -0.39 is 28.8 Å². The van der Waals surface area contributed by atoms with Crippen molar-refractivity contribution in [2.75, 3.05) is 5.32 Å². The number of nitro benzene ring substituents is 1. The Kier molecular flexibility index (Phi) is 3.50. The summed E-state index contributed by atoms with van der Waals surface area (Å²) >= 11 is 0. The van der Waals surface area contributed by atoms with E-state index in [-0.39, 0.29) is 5.69 Å². The molecule has 0 aliphatic rings. The Morgan fingerprint density at radius 3 is 2.81 bits per heavy atom. The van der Waals surface area contributed by atoms with Crippen molar-refractivity contribution in [2.45, 2.75) is 6.42 Å². The number of nitrogens with one attached hydrogen (secondary N) is 1. The molecule has 1 rings (SSSR count). The van der Waals surface area contributed by atoms with Gasteiger partial charge >= 0.3 is 0 Å². The summed E-state index contributed by atoms with van der Waals surface area (Å²) in [6, 6.07) is 4.42. The van der Waals surface area contributed by atoms with Crippen molar-refractivity contribution in [3.63, 3.8) is 0 Å². The molecule has 7 heteroatoms. The molecule has 0 saturated heterocycles. The van der Waals surface area contributed by atoms with Gasteiger partial charge in [-0.2, -0.15) is 5.26 Å². The number of nitro groups is 1. The van der Waals surface area contributed by atoms with Gasteiger partial charge in [-0.05, 0) is 6.07 Å². The lowest BCUT2D eigenvalue weighted by molar-refractivity contribution is -0.385. The number of benzene rings is 1. The fourth-order valence-electron chi connectivity index (χ4n) is 0.985. The first-order valence-corrected chi connectivity index (χ1v) is 4.15. The van der Waals surface area contributed by atoms with Gasteiger partial charge in [-0.15, -0.1) is 0 Å². The molecule has 0 radical (unpaired) electrons. The van der Waals surface area contributed by atoms with Crippen LogP contribution < -0.4 is 5.32 Å². The minimum absolute atomic E-state index is 0.189. The number of nitriles is 1. The first-order chi connectivity index (χ1) is 7.54. The Morgan fingerprint density at radius 1 is 1.62 bits per heavy atom. The number of amides is 1. The van der Waals surface area contributed by atoms with E-state index in [1.807, 2.05) is 0 Å². The molecular weight excluding hydrogens is 217 g/mol. The summed E-state index contributed by atoms with van der Waals surface area (Å²) in [5.74, 6) is -1.59. The number of hydrogen-bond acceptors (Lipinski definition) is 4. The lowest BCUT2D eigenvalue weighted by Gasteiger charge is -2.03. The number of halogens is 1. The van der Waals surface area contributed by atoms with E-state index in [0.717, 1.165) is 12.1 Å². The number of anilines is 1. The molecule has 0 spiro atoms. The lowest BCUT2D eigenvalue weighted by atomic mass is 10.2. The van der Waals surface area contributed by atoms with Crippen LogP contribution in [-0.4, -0.2) is 10.8 Å². The third kappa shape index (κ3) is 2.75. The Balaban J connectivity index is 2.88. The molecule has 0 saturated carbocycles. The second-order valence-corrected chi connectivity index (χ2v) is 2.80. The zero-order valence-corrected chi connectivity index (χ0v) is 7.94. The fourth-order valence-corrected chi connectivity index (χ4v) is 0.985. The molecule has 0 aromatic heterocycles. The van der Waals surface area contributed by atoms with Crippen LogP contribution in [0.4, 0.5) is 15.8 Å². The van der Waals surface area contributed by atoms with Gasteiger partial charge in [-0.1, -0.05) is 0 Å². The van der Waals surface area contributed by atoms with Gasteiger partial charge in [0.05, 0.1) is 22.7 Å². The van der Waals surface area contributed by atoms with Crippen molar-refractivity contribution in [3.8, 4) is 6.07 Å². The summed E-state index contributed by atoms with van der Waals surface area (Å²) in [7, 11) is 0. The number of carbonyl (C=O) groups is 1. The molecule has 0 aliphatic heterocycles. The Labute approximate surface area is 89.4 Å². The van der Waals surface area contributed by atoms with Crippen molar-refractivity contribution in [3.05, 3.63) is 34.1 Å². The van der Waals surface area contributed by atoms with Crippen molar-refractivity contribution in [1.82, 2.24) is 0 Å². The molecule has 0 unspecified atom stereocenters. The molecule has 82 valence electrons. The van der Waals surface area contributed by atoms with Gasteiger partial charge in [0.15, 0.2) is 5.82 Å². The van der Waals surface area contributed by atoms with Crippen LogP contribution >= 0.6 is 0 Å². The molecule has 0 atom stereocenters. The summed E-state index contributed by atoms with van der Waals surface area (Å²) in [6.07, 6.45) is -0.406. The summed E-state index contributed by atoms with van der Waals surface area (Å²) in [5.41, 5.74) is -0.596. The van der Waals surface area contributed by atoms with Crippen LogP contribution in [0.5, 0.6) is 0 Å². The highest BCUT2D eigenvalue weighted by atomic mass is 19.1. The van der Waals surface area contributed by atoms with E-state index in [1.54, 1.807) is 6.07 Å². The van der Waals surface area contributed by atoms with Crippen LogP contribution in [0, 0.1) is 27.3 Å². The molecule has 16 heavy (non-hydrogen) atoms. The zero-order chi connectivity index (χ0) is 12.1. The predicted octanol–water partition coefficient (Wildman–Crippen LogP) is 1.59. The van der Waals surface area contributed by atoms with Crippen LogP contribution in [0.3, 0.4) is 0 Å². The fraction of sp³-hybridized carbons (Fsp3) is 0.111. The number of carbonyl (C=O) groups excluding carboxylic acids is 1. The maximum absolute atomic E-state index is 13.2. The molecule has 1 aromatic carbocycles. The minimum atomic E-state index is -0.916. The summed E-state index contributed by atoms with van der Waals surface area (Å²) in [6.45, 7) is 0. The Bertz CT molecular complexity index is 481. The molecule has 0 heterocycles. The van der Waals surface area contributed by atoms with Gasteiger partial charge in [-0.25, -0.2) is 4.39 Å². The number of rotatable bonds is 3. The van der Waals surface area contributed by atoms with Gasteiger partial charge in [-0.3, -0.25) is 14.9 Å². The van der Waals surface area contributed by atoms with Crippen LogP contribution in [-0.2, 0) is 4.79 Å². The third-order valence-corrected chi connectivity index (χ3v) is 1.68. The highest BCUT2D eigenvalue weighted by Crippen LogP contribution is 2.20. The van der Waals surface area contributed by atoms with Crippen LogP contribution in [0.15, 0.2) is 18.2 Å². The van der Waals surface area contributed by atoms with Crippen molar-refractivity contribution in [2.24, 2.45) is 0 Å². The molecule has 0 bridgehead atoms. The average Bonchev–Trinajstić information content (AvgIpc) is 2.21. The van der Waals surface area contributed by atoms with E-state index in [0.29, 0.717) is 6.07 Å². The summed E-state index contributed by atoms with van der Waals surface area (Å²) in [4.78, 5) is 20.5. The van der Waals surface area contributed by atoms with E-state index in [1.165, 1.54) is 0 Å². The van der Waals surface area contributed by atoms with Gasteiger partial charge < -0.3 is 5.32 Å². The normalized spacial score (nSPS) is 9.25. The molecule has 0 fully saturated rings. The first-order valence-electron chi connectivity index (χ1n) is 4.15. The molecule has 0 aliphatic carbocycles.